The number of carbonyl (C=O) groups is 1. The van der Waals surface area contributed by atoms with E-state index in [9.17, 15) is 13.2 Å². The standard InChI is InChI=1S/C11H14ClNO5S/c1-7(6-14)13(2)19(17,18)8-3-4-9(11(15)16)10(12)5-8/h3-5,7,14H,6H2,1-2H3,(H,15,16). The van der Waals surface area contributed by atoms with E-state index in [-0.39, 0.29) is 22.1 Å². The SMILES string of the molecule is CC(CO)N(C)S(=O)(=O)c1ccc(C(=O)O)c(Cl)c1. The van der Waals surface area contributed by atoms with Crippen molar-refractivity contribution >= 4 is 27.6 Å². The summed E-state index contributed by atoms with van der Waals surface area (Å²) in [4.78, 5) is 10.7. The molecule has 0 aromatic heterocycles. The quantitative estimate of drug-likeness (QED) is 0.847. The second-order valence-corrected chi connectivity index (χ2v) is 6.40. The molecular formula is C11H14ClNO5S. The summed E-state index contributed by atoms with van der Waals surface area (Å²) < 4.78 is 25.3. The van der Waals surface area contributed by atoms with Crippen molar-refractivity contribution in [3.8, 4) is 0 Å². The number of sulfonamides is 1. The number of likely N-dealkylation sites (N-methyl/N-ethyl adjacent to an activating group) is 1. The van der Waals surface area contributed by atoms with Gasteiger partial charge in [-0.1, -0.05) is 11.6 Å². The monoisotopic (exact) mass is 307 g/mol. The summed E-state index contributed by atoms with van der Waals surface area (Å²) in [5.41, 5.74) is -0.168. The van der Waals surface area contributed by atoms with Gasteiger partial charge in [0.2, 0.25) is 10.0 Å². The highest BCUT2D eigenvalue weighted by Crippen LogP contribution is 2.23. The first-order valence-electron chi connectivity index (χ1n) is 5.33. The average Bonchev–Trinajstić information content (AvgIpc) is 2.36. The summed E-state index contributed by atoms with van der Waals surface area (Å²) >= 11 is 5.74. The van der Waals surface area contributed by atoms with Crippen molar-refractivity contribution in [2.75, 3.05) is 13.7 Å². The third-order valence-corrected chi connectivity index (χ3v) is 5.01. The summed E-state index contributed by atoms with van der Waals surface area (Å²) in [6, 6.07) is 2.80. The van der Waals surface area contributed by atoms with Crippen LogP contribution in [0.4, 0.5) is 0 Å². The number of aliphatic hydroxyl groups excluding tert-OH is 1. The fourth-order valence-electron chi connectivity index (χ4n) is 1.35. The van der Waals surface area contributed by atoms with Gasteiger partial charge in [-0.05, 0) is 25.1 Å². The smallest absolute Gasteiger partial charge is 0.337 e. The molecule has 0 aliphatic heterocycles. The van der Waals surface area contributed by atoms with Crippen LogP contribution in [-0.2, 0) is 10.0 Å². The van der Waals surface area contributed by atoms with Gasteiger partial charge in [-0.15, -0.1) is 0 Å². The van der Waals surface area contributed by atoms with Gasteiger partial charge in [-0.2, -0.15) is 4.31 Å². The van der Waals surface area contributed by atoms with E-state index < -0.39 is 22.0 Å². The maximum atomic E-state index is 12.2. The lowest BCUT2D eigenvalue weighted by Gasteiger charge is -2.22. The number of rotatable bonds is 5. The Morgan fingerprint density at radius 2 is 2.05 bits per heavy atom. The number of carboxylic acids is 1. The Hall–Kier alpha value is -1.15. The Labute approximate surface area is 116 Å². The number of nitrogens with zero attached hydrogens (tertiary/aromatic N) is 1. The highest BCUT2D eigenvalue weighted by Gasteiger charge is 2.26. The van der Waals surface area contributed by atoms with E-state index in [1.807, 2.05) is 0 Å². The molecular weight excluding hydrogens is 294 g/mol. The van der Waals surface area contributed by atoms with Crippen molar-refractivity contribution in [2.45, 2.75) is 17.9 Å². The Morgan fingerprint density at radius 1 is 1.47 bits per heavy atom. The van der Waals surface area contributed by atoms with Gasteiger partial charge >= 0.3 is 5.97 Å². The van der Waals surface area contributed by atoms with Crippen LogP contribution in [-0.4, -0.2) is 48.6 Å². The zero-order valence-corrected chi connectivity index (χ0v) is 11.9. The molecule has 0 amide bonds. The van der Waals surface area contributed by atoms with E-state index in [1.54, 1.807) is 6.92 Å². The summed E-state index contributed by atoms with van der Waals surface area (Å²) in [5.74, 6) is -1.23. The maximum absolute atomic E-state index is 12.2. The number of hydrogen-bond donors (Lipinski definition) is 2. The van der Waals surface area contributed by atoms with Gasteiger partial charge in [-0.3, -0.25) is 0 Å². The van der Waals surface area contributed by atoms with Crippen LogP contribution >= 0.6 is 11.6 Å². The summed E-state index contributed by atoms with van der Waals surface area (Å²) in [6.45, 7) is 1.22. The molecule has 0 fully saturated rings. The molecule has 0 aliphatic carbocycles. The fraction of sp³-hybridized carbons (Fsp3) is 0.364. The normalized spacial score (nSPS) is 13.5. The zero-order valence-electron chi connectivity index (χ0n) is 10.4. The molecule has 0 aliphatic rings. The second-order valence-electron chi connectivity index (χ2n) is 4.00. The van der Waals surface area contributed by atoms with Crippen LogP contribution in [0.25, 0.3) is 0 Å². The van der Waals surface area contributed by atoms with Crippen LogP contribution in [0.2, 0.25) is 5.02 Å². The Kier molecular flexibility index (Phi) is 4.92. The Balaban J connectivity index is 3.24. The van der Waals surface area contributed by atoms with Crippen LogP contribution in [0, 0.1) is 0 Å². The molecule has 19 heavy (non-hydrogen) atoms. The van der Waals surface area contributed by atoms with Gasteiger partial charge in [0.25, 0.3) is 0 Å². The van der Waals surface area contributed by atoms with E-state index >= 15 is 0 Å². The molecule has 0 bridgehead atoms. The number of aromatic carboxylic acids is 1. The number of halogens is 1. The van der Waals surface area contributed by atoms with Crippen molar-refractivity contribution in [1.82, 2.24) is 4.31 Å². The molecule has 0 radical (unpaired) electrons. The molecule has 2 N–H and O–H groups in total. The molecule has 1 unspecified atom stereocenters. The van der Waals surface area contributed by atoms with Crippen molar-refractivity contribution in [3.05, 3.63) is 28.8 Å². The molecule has 106 valence electrons. The van der Waals surface area contributed by atoms with E-state index in [0.717, 1.165) is 16.4 Å². The number of carboxylic acid groups (broad SMARTS) is 1. The minimum Gasteiger partial charge on any atom is -0.478 e. The molecule has 0 saturated heterocycles. The summed E-state index contributed by atoms with van der Waals surface area (Å²) in [7, 11) is -2.49. The average molecular weight is 308 g/mol. The van der Waals surface area contributed by atoms with Crippen LogP contribution in [0.1, 0.15) is 17.3 Å². The molecule has 8 heteroatoms. The number of hydrogen-bond acceptors (Lipinski definition) is 4. The predicted octanol–water partition coefficient (Wildman–Crippen LogP) is 1.04. The van der Waals surface area contributed by atoms with E-state index in [0.29, 0.717) is 0 Å². The minimum absolute atomic E-state index is 0.120. The number of benzene rings is 1. The van der Waals surface area contributed by atoms with Gasteiger partial charge < -0.3 is 10.2 Å². The van der Waals surface area contributed by atoms with Crippen molar-refractivity contribution in [3.63, 3.8) is 0 Å². The highest BCUT2D eigenvalue weighted by molar-refractivity contribution is 7.89. The van der Waals surface area contributed by atoms with Crippen LogP contribution < -0.4 is 0 Å². The van der Waals surface area contributed by atoms with Crippen molar-refractivity contribution < 1.29 is 23.4 Å². The van der Waals surface area contributed by atoms with Gasteiger partial charge in [0.15, 0.2) is 0 Å². The largest absolute Gasteiger partial charge is 0.478 e. The lowest BCUT2D eigenvalue weighted by atomic mass is 10.2. The van der Waals surface area contributed by atoms with Crippen molar-refractivity contribution in [1.29, 1.82) is 0 Å². The topological polar surface area (TPSA) is 94.9 Å². The second kappa shape index (κ2) is 5.87. The first kappa shape index (κ1) is 15.9. The number of aliphatic hydroxyl groups is 1. The van der Waals surface area contributed by atoms with Crippen LogP contribution in [0.3, 0.4) is 0 Å². The lowest BCUT2D eigenvalue weighted by Crippen LogP contribution is -2.37. The van der Waals surface area contributed by atoms with Crippen LogP contribution in [0.15, 0.2) is 23.1 Å². The van der Waals surface area contributed by atoms with Gasteiger partial charge in [0.05, 0.1) is 22.1 Å². The Bertz CT molecular complexity index is 587. The third-order valence-electron chi connectivity index (χ3n) is 2.73. The van der Waals surface area contributed by atoms with Gasteiger partial charge in [0.1, 0.15) is 0 Å². The summed E-state index contributed by atoms with van der Waals surface area (Å²) in [6.07, 6.45) is 0. The Morgan fingerprint density at radius 3 is 2.47 bits per heavy atom. The maximum Gasteiger partial charge on any atom is 0.337 e. The molecule has 0 heterocycles. The van der Waals surface area contributed by atoms with Crippen molar-refractivity contribution in [2.24, 2.45) is 0 Å². The summed E-state index contributed by atoms with van der Waals surface area (Å²) in [5, 5.41) is 17.6. The molecule has 0 spiro atoms. The van der Waals surface area contributed by atoms with E-state index in [4.69, 9.17) is 21.8 Å². The highest BCUT2D eigenvalue weighted by atomic mass is 35.5. The molecule has 0 saturated carbocycles. The minimum atomic E-state index is -3.82. The fourth-order valence-corrected chi connectivity index (χ4v) is 3.05. The zero-order chi connectivity index (χ0) is 14.8. The molecule has 1 rings (SSSR count). The molecule has 1 atom stereocenters. The molecule has 6 nitrogen and oxygen atoms in total. The molecule has 1 aromatic rings. The first-order chi connectivity index (χ1) is 8.71. The van der Waals surface area contributed by atoms with Gasteiger partial charge in [-0.25, -0.2) is 13.2 Å². The first-order valence-corrected chi connectivity index (χ1v) is 7.15. The predicted molar refractivity (Wildman–Crippen MR) is 69.9 cm³/mol. The molecule has 1 aromatic carbocycles. The van der Waals surface area contributed by atoms with E-state index in [1.165, 1.54) is 13.1 Å². The van der Waals surface area contributed by atoms with E-state index in [2.05, 4.69) is 0 Å². The van der Waals surface area contributed by atoms with Crippen LogP contribution in [0.5, 0.6) is 0 Å². The lowest BCUT2D eigenvalue weighted by molar-refractivity contribution is 0.0697. The van der Waals surface area contributed by atoms with Gasteiger partial charge in [0, 0.05) is 13.1 Å². The third kappa shape index (κ3) is 3.24.